The number of rotatable bonds is 9. The molecule has 0 saturated carbocycles. The molecular weight excluding hydrogens is 492 g/mol. The van der Waals surface area contributed by atoms with Gasteiger partial charge >= 0.3 is 12.1 Å². The van der Waals surface area contributed by atoms with Crippen LogP contribution in [0.15, 0.2) is 23.4 Å². The van der Waals surface area contributed by atoms with E-state index < -0.39 is 23.7 Å². The van der Waals surface area contributed by atoms with Crippen LogP contribution in [0.5, 0.6) is 0 Å². The normalized spacial score (nSPS) is 15.7. The van der Waals surface area contributed by atoms with E-state index in [0.717, 1.165) is 25.0 Å². The maximum atomic E-state index is 13.6. The lowest BCUT2D eigenvalue weighted by Crippen LogP contribution is -2.57. The van der Waals surface area contributed by atoms with E-state index in [-0.39, 0.29) is 23.1 Å². The van der Waals surface area contributed by atoms with Crippen molar-refractivity contribution in [2.45, 2.75) is 85.0 Å². The van der Waals surface area contributed by atoms with Crippen LogP contribution in [0.2, 0.25) is 0 Å². The summed E-state index contributed by atoms with van der Waals surface area (Å²) in [4.78, 5) is 47.9. The first-order chi connectivity index (χ1) is 17.3. The second kappa shape index (κ2) is 13.5. The molecule has 0 aliphatic carbocycles. The van der Waals surface area contributed by atoms with Gasteiger partial charge in [0.1, 0.15) is 16.7 Å². The molecule has 1 aromatic rings. The fourth-order valence-corrected chi connectivity index (χ4v) is 5.62. The number of hydrogen-bond donors (Lipinski definition) is 0. The van der Waals surface area contributed by atoms with Gasteiger partial charge in [-0.1, -0.05) is 27.7 Å². The molecule has 1 saturated heterocycles. The number of esters is 1. The summed E-state index contributed by atoms with van der Waals surface area (Å²) in [5.41, 5.74) is -0.536. The minimum Gasteiger partial charge on any atom is -0.462 e. The Bertz CT molecular complexity index is 918. The Kier molecular flexibility index (Phi) is 11.2. The van der Waals surface area contributed by atoms with Crippen LogP contribution in [0.4, 0.5) is 4.79 Å². The van der Waals surface area contributed by atoms with Crippen molar-refractivity contribution in [3.8, 4) is 0 Å². The Morgan fingerprint density at radius 1 is 1.05 bits per heavy atom. The third kappa shape index (κ3) is 8.60. The molecule has 0 bridgehead atoms. The Balaban J connectivity index is 2.25. The van der Waals surface area contributed by atoms with Crippen molar-refractivity contribution in [2.24, 2.45) is 11.8 Å². The second-order valence-electron chi connectivity index (χ2n) is 11.0. The molecular formula is C27H44N4O5S. The predicted molar refractivity (Wildman–Crippen MR) is 145 cm³/mol. The molecule has 2 heterocycles. The zero-order chi connectivity index (χ0) is 27.9. The van der Waals surface area contributed by atoms with E-state index in [1.807, 2.05) is 4.90 Å². The summed E-state index contributed by atoms with van der Waals surface area (Å²) in [6, 6.07) is 2.83. The highest BCUT2D eigenvalue weighted by atomic mass is 32.2. The minimum atomic E-state index is -0.838. The molecule has 10 heteroatoms. The average molecular weight is 537 g/mol. The summed E-state index contributed by atoms with van der Waals surface area (Å²) in [6.07, 6.45) is 0.862. The third-order valence-corrected chi connectivity index (χ3v) is 7.31. The summed E-state index contributed by atoms with van der Waals surface area (Å²) in [5, 5.41) is 0.271. The summed E-state index contributed by atoms with van der Waals surface area (Å²) < 4.78 is 12.0. The van der Waals surface area contributed by atoms with Gasteiger partial charge in [-0.2, -0.15) is 0 Å². The van der Waals surface area contributed by atoms with Gasteiger partial charge in [0.05, 0.1) is 12.2 Å². The first-order valence-corrected chi connectivity index (χ1v) is 13.9. The third-order valence-electron chi connectivity index (χ3n) is 6.15. The number of carbonyl (C=O) groups excluding carboxylic acids is 3. The van der Waals surface area contributed by atoms with Crippen LogP contribution >= 0.6 is 11.9 Å². The van der Waals surface area contributed by atoms with Crippen molar-refractivity contribution in [1.29, 1.82) is 0 Å². The van der Waals surface area contributed by atoms with Gasteiger partial charge < -0.3 is 14.4 Å². The lowest BCUT2D eigenvalue weighted by atomic mass is 9.91. The zero-order valence-corrected chi connectivity index (χ0v) is 24.6. The summed E-state index contributed by atoms with van der Waals surface area (Å²) in [6.45, 7) is 20.6. The van der Waals surface area contributed by atoms with Gasteiger partial charge in [-0.25, -0.2) is 18.9 Å². The van der Waals surface area contributed by atoms with Gasteiger partial charge in [0, 0.05) is 50.4 Å². The molecule has 2 rings (SSSR count). The van der Waals surface area contributed by atoms with Crippen LogP contribution in [-0.2, 0) is 14.3 Å². The highest BCUT2D eigenvalue weighted by Gasteiger charge is 2.37. The highest BCUT2D eigenvalue weighted by molar-refractivity contribution is 7.97. The summed E-state index contributed by atoms with van der Waals surface area (Å²) in [7, 11) is 0. The SMILES string of the molecule is CCOC(=O)c1cccnc1SN(C(=O)OC(C)(C)C)[C@H](C)C(=O)N1CCN(C(C(C)C)C(C)C)CC1. The van der Waals surface area contributed by atoms with Crippen molar-refractivity contribution in [3.63, 3.8) is 0 Å². The van der Waals surface area contributed by atoms with E-state index in [4.69, 9.17) is 9.47 Å². The molecule has 1 aliphatic rings. The predicted octanol–water partition coefficient (Wildman–Crippen LogP) is 4.72. The van der Waals surface area contributed by atoms with Crippen molar-refractivity contribution in [3.05, 3.63) is 23.9 Å². The topological polar surface area (TPSA) is 92.3 Å². The van der Waals surface area contributed by atoms with Gasteiger partial charge in [-0.15, -0.1) is 0 Å². The lowest BCUT2D eigenvalue weighted by Gasteiger charge is -2.43. The molecule has 1 fully saturated rings. The van der Waals surface area contributed by atoms with Crippen LogP contribution in [0.25, 0.3) is 0 Å². The molecule has 208 valence electrons. The molecule has 0 spiro atoms. The zero-order valence-electron chi connectivity index (χ0n) is 23.8. The Morgan fingerprint density at radius 3 is 2.16 bits per heavy atom. The Morgan fingerprint density at radius 2 is 1.65 bits per heavy atom. The summed E-state index contributed by atoms with van der Waals surface area (Å²) >= 11 is 0.921. The van der Waals surface area contributed by atoms with Crippen LogP contribution < -0.4 is 0 Å². The maximum absolute atomic E-state index is 13.6. The number of piperazine rings is 1. The molecule has 0 radical (unpaired) electrons. The average Bonchev–Trinajstić information content (AvgIpc) is 2.81. The smallest absolute Gasteiger partial charge is 0.421 e. The standard InChI is InChI=1S/C27H44N4O5S/c1-10-35-25(33)21-12-11-13-28-23(21)37-31(26(34)36-27(7,8)9)20(6)24(32)30-16-14-29(15-17-30)22(18(2)3)19(4)5/h11-13,18-20,22H,10,14-17H2,1-9H3/t20-/m1/s1. The van der Waals surface area contributed by atoms with E-state index in [1.165, 1.54) is 10.5 Å². The first kappa shape index (κ1) is 30.9. The van der Waals surface area contributed by atoms with Crippen LogP contribution in [-0.4, -0.2) is 87.5 Å². The van der Waals surface area contributed by atoms with Gasteiger partial charge in [0.25, 0.3) is 0 Å². The molecule has 0 unspecified atom stereocenters. The van der Waals surface area contributed by atoms with Crippen molar-refractivity contribution in [2.75, 3.05) is 32.8 Å². The van der Waals surface area contributed by atoms with E-state index in [0.29, 0.717) is 31.0 Å². The fourth-order valence-electron chi connectivity index (χ4n) is 4.72. The summed E-state index contributed by atoms with van der Waals surface area (Å²) in [5.74, 6) is 0.332. The number of amides is 2. The minimum absolute atomic E-state index is 0.169. The fraction of sp³-hybridized carbons (Fsp3) is 0.704. The Hall–Kier alpha value is -2.33. The molecule has 37 heavy (non-hydrogen) atoms. The second-order valence-corrected chi connectivity index (χ2v) is 12.0. The monoisotopic (exact) mass is 536 g/mol. The van der Waals surface area contributed by atoms with Crippen molar-refractivity contribution < 1.29 is 23.9 Å². The number of nitrogens with zero attached hydrogens (tertiary/aromatic N) is 4. The van der Waals surface area contributed by atoms with Crippen LogP contribution in [0.3, 0.4) is 0 Å². The van der Waals surface area contributed by atoms with Gasteiger partial charge in [-0.05, 0) is 58.6 Å². The number of ether oxygens (including phenoxy) is 2. The molecule has 0 aromatic carbocycles. The quantitative estimate of drug-likeness (QED) is 0.331. The van der Waals surface area contributed by atoms with Crippen LogP contribution in [0.1, 0.15) is 72.7 Å². The van der Waals surface area contributed by atoms with E-state index in [1.54, 1.807) is 46.8 Å². The highest BCUT2D eigenvalue weighted by Crippen LogP contribution is 2.30. The first-order valence-electron chi connectivity index (χ1n) is 13.1. The largest absolute Gasteiger partial charge is 0.462 e. The van der Waals surface area contributed by atoms with Crippen molar-refractivity contribution >= 4 is 29.9 Å². The van der Waals surface area contributed by atoms with E-state index in [2.05, 4.69) is 37.6 Å². The van der Waals surface area contributed by atoms with Gasteiger partial charge in [0.15, 0.2) is 0 Å². The van der Waals surface area contributed by atoms with Gasteiger partial charge in [0.2, 0.25) is 5.91 Å². The number of aromatic nitrogens is 1. The number of carbonyl (C=O) groups is 3. The molecule has 2 amide bonds. The molecule has 1 aliphatic heterocycles. The molecule has 9 nitrogen and oxygen atoms in total. The van der Waals surface area contributed by atoms with Crippen molar-refractivity contribution in [1.82, 2.24) is 19.1 Å². The maximum Gasteiger partial charge on any atom is 0.421 e. The number of pyridine rings is 1. The molecule has 0 N–H and O–H groups in total. The van der Waals surface area contributed by atoms with Gasteiger partial charge in [-0.3, -0.25) is 9.69 Å². The number of hydrogen-bond acceptors (Lipinski definition) is 8. The lowest BCUT2D eigenvalue weighted by molar-refractivity contribution is -0.137. The Labute approximate surface area is 226 Å². The van der Waals surface area contributed by atoms with E-state index >= 15 is 0 Å². The molecule has 1 aromatic heterocycles. The van der Waals surface area contributed by atoms with E-state index in [9.17, 15) is 14.4 Å². The van der Waals surface area contributed by atoms with Crippen LogP contribution in [0, 0.1) is 11.8 Å². The molecule has 1 atom stereocenters.